The molecule has 0 saturated heterocycles. The van der Waals surface area contributed by atoms with E-state index in [1.165, 1.54) is 24.3 Å². The summed E-state index contributed by atoms with van der Waals surface area (Å²) in [5, 5.41) is 12.7. The van der Waals surface area contributed by atoms with E-state index in [9.17, 15) is 13.5 Å². The molecule has 3 rings (SSSR count). The third kappa shape index (κ3) is 5.31. The monoisotopic (exact) mass is 407 g/mol. The normalized spacial score (nSPS) is 15.3. The van der Waals surface area contributed by atoms with Gasteiger partial charge in [0.05, 0.1) is 28.9 Å². The number of benzene rings is 1. The molecule has 10 heteroatoms. The quantitative estimate of drug-likeness (QED) is 0.313. The maximum Gasteiger partial charge on any atom is 0.294 e. The topological polar surface area (TPSA) is 136 Å². The summed E-state index contributed by atoms with van der Waals surface area (Å²) >= 11 is 0. The second kappa shape index (κ2) is 8.29. The van der Waals surface area contributed by atoms with E-state index in [1.54, 1.807) is 0 Å². The highest BCUT2D eigenvalue weighted by molar-refractivity contribution is 7.85. The Kier molecular flexibility index (Phi) is 6.01. The minimum atomic E-state index is -4.22. The first kappa shape index (κ1) is 20.3. The molecule has 0 aliphatic heterocycles. The largest absolute Gasteiger partial charge is 0.394 e. The Morgan fingerprint density at radius 1 is 1.14 bits per heavy atom. The van der Waals surface area contributed by atoms with Gasteiger partial charge in [-0.1, -0.05) is 13.8 Å². The van der Waals surface area contributed by atoms with Crippen molar-refractivity contribution < 1.29 is 18.1 Å². The van der Waals surface area contributed by atoms with Crippen LogP contribution in [0.4, 0.5) is 17.5 Å². The standard InChI is InChI=1S/C18H25N5O4S/c1-11(2)16(10-24)20-18-19-15(12-3-4-12)9-17(21-18)23-22-13-5-7-14(8-6-13)28(25,26)27/h5-9,11-12,16,22,24H,3-4,10H2,1-2H3,(H,25,26,27)(H2,19,20,21,23)/t16-/m1/s1. The van der Waals surface area contributed by atoms with Gasteiger partial charge in [0.1, 0.15) is 5.82 Å². The number of hydrogen-bond acceptors (Lipinski definition) is 8. The van der Waals surface area contributed by atoms with Crippen LogP contribution in [0.15, 0.2) is 35.2 Å². The molecule has 152 valence electrons. The van der Waals surface area contributed by atoms with Crippen LogP contribution in [0.5, 0.6) is 0 Å². The van der Waals surface area contributed by atoms with Crippen LogP contribution in [0.3, 0.4) is 0 Å². The van der Waals surface area contributed by atoms with Crippen molar-refractivity contribution in [1.29, 1.82) is 0 Å². The zero-order chi connectivity index (χ0) is 20.3. The molecule has 28 heavy (non-hydrogen) atoms. The molecule has 1 aromatic carbocycles. The molecule has 1 aliphatic rings. The molecule has 1 saturated carbocycles. The Labute approximate surface area is 164 Å². The van der Waals surface area contributed by atoms with Crippen molar-refractivity contribution in [2.24, 2.45) is 5.92 Å². The fourth-order valence-corrected chi connectivity index (χ4v) is 3.10. The molecule has 1 atom stereocenters. The van der Waals surface area contributed by atoms with Crippen molar-refractivity contribution in [3.05, 3.63) is 36.0 Å². The Hall–Kier alpha value is -2.43. The van der Waals surface area contributed by atoms with Gasteiger partial charge < -0.3 is 10.4 Å². The lowest BCUT2D eigenvalue weighted by Gasteiger charge is -2.21. The summed E-state index contributed by atoms with van der Waals surface area (Å²) in [4.78, 5) is 8.83. The summed E-state index contributed by atoms with van der Waals surface area (Å²) in [5.41, 5.74) is 7.47. The number of rotatable bonds is 9. The molecular formula is C18H25N5O4S. The molecule has 0 spiro atoms. The molecule has 9 nitrogen and oxygen atoms in total. The van der Waals surface area contributed by atoms with E-state index < -0.39 is 10.1 Å². The molecule has 0 amide bonds. The average molecular weight is 407 g/mol. The first-order valence-electron chi connectivity index (χ1n) is 9.12. The van der Waals surface area contributed by atoms with Gasteiger partial charge in [-0.15, -0.1) is 0 Å². The minimum absolute atomic E-state index is 0.0180. The summed E-state index contributed by atoms with van der Waals surface area (Å²) in [6, 6.07) is 7.37. The minimum Gasteiger partial charge on any atom is -0.394 e. The lowest BCUT2D eigenvalue weighted by molar-refractivity contribution is 0.248. The van der Waals surface area contributed by atoms with Gasteiger partial charge in [0.15, 0.2) is 0 Å². The summed E-state index contributed by atoms with van der Waals surface area (Å²) < 4.78 is 31.2. The first-order chi connectivity index (χ1) is 13.3. The molecule has 1 fully saturated rings. The van der Waals surface area contributed by atoms with Crippen LogP contribution >= 0.6 is 0 Å². The predicted molar refractivity (Wildman–Crippen MR) is 107 cm³/mol. The summed E-state index contributed by atoms with van der Waals surface area (Å²) in [7, 11) is -4.22. The van der Waals surface area contributed by atoms with Gasteiger partial charge in [-0.2, -0.15) is 13.4 Å². The second-order valence-corrected chi connectivity index (χ2v) is 8.62. The lowest BCUT2D eigenvalue weighted by atomic mass is 10.1. The van der Waals surface area contributed by atoms with Gasteiger partial charge in [0.25, 0.3) is 10.1 Å². The van der Waals surface area contributed by atoms with Gasteiger partial charge in [0, 0.05) is 12.0 Å². The van der Waals surface area contributed by atoms with Gasteiger partial charge in [-0.05, 0) is 43.0 Å². The van der Waals surface area contributed by atoms with E-state index in [0.29, 0.717) is 23.4 Å². The van der Waals surface area contributed by atoms with Gasteiger partial charge in [-0.3, -0.25) is 15.4 Å². The van der Waals surface area contributed by atoms with Gasteiger partial charge in [-0.25, -0.2) is 4.98 Å². The fourth-order valence-electron chi connectivity index (χ4n) is 2.62. The van der Waals surface area contributed by atoms with E-state index >= 15 is 0 Å². The van der Waals surface area contributed by atoms with Crippen molar-refractivity contribution >= 4 is 27.6 Å². The summed E-state index contributed by atoms with van der Waals surface area (Å²) in [5.74, 6) is 1.64. The smallest absolute Gasteiger partial charge is 0.294 e. The molecule has 1 aromatic heterocycles. The van der Waals surface area contributed by atoms with Gasteiger partial charge >= 0.3 is 0 Å². The Morgan fingerprint density at radius 3 is 2.36 bits per heavy atom. The van der Waals surface area contributed by atoms with Crippen LogP contribution in [0.1, 0.15) is 38.3 Å². The molecular weight excluding hydrogens is 382 g/mol. The molecule has 1 heterocycles. The van der Waals surface area contributed by atoms with Crippen LogP contribution < -0.4 is 16.2 Å². The predicted octanol–water partition coefficient (Wildman–Crippen LogP) is 2.47. The van der Waals surface area contributed by atoms with Crippen LogP contribution in [0.25, 0.3) is 0 Å². The van der Waals surface area contributed by atoms with Crippen LogP contribution in [-0.2, 0) is 10.1 Å². The maximum atomic E-state index is 11.1. The number of aliphatic hydroxyl groups is 1. The number of nitrogens with one attached hydrogen (secondary N) is 3. The van der Waals surface area contributed by atoms with E-state index in [0.717, 1.165) is 18.5 Å². The average Bonchev–Trinajstić information content (AvgIpc) is 3.49. The third-order valence-electron chi connectivity index (χ3n) is 4.54. The number of nitrogens with zero attached hydrogens (tertiary/aromatic N) is 2. The summed E-state index contributed by atoms with van der Waals surface area (Å²) in [6.45, 7) is 4.00. The first-order valence-corrected chi connectivity index (χ1v) is 10.6. The highest BCUT2D eigenvalue weighted by Crippen LogP contribution is 2.40. The lowest BCUT2D eigenvalue weighted by Crippen LogP contribution is -2.30. The van der Waals surface area contributed by atoms with E-state index in [4.69, 9.17) is 4.55 Å². The number of hydrazine groups is 1. The number of aromatic nitrogens is 2. The van der Waals surface area contributed by atoms with E-state index in [-0.39, 0.29) is 23.5 Å². The number of aliphatic hydroxyl groups excluding tert-OH is 1. The van der Waals surface area contributed by atoms with Crippen molar-refractivity contribution in [1.82, 2.24) is 9.97 Å². The second-order valence-electron chi connectivity index (χ2n) is 7.20. The highest BCUT2D eigenvalue weighted by Gasteiger charge is 2.26. The van der Waals surface area contributed by atoms with E-state index in [1.807, 2.05) is 19.9 Å². The van der Waals surface area contributed by atoms with Crippen molar-refractivity contribution in [3.8, 4) is 0 Å². The highest BCUT2D eigenvalue weighted by atomic mass is 32.2. The Morgan fingerprint density at radius 2 is 1.82 bits per heavy atom. The van der Waals surface area contributed by atoms with Crippen LogP contribution in [0, 0.1) is 5.92 Å². The van der Waals surface area contributed by atoms with Crippen LogP contribution in [-0.4, -0.2) is 40.7 Å². The van der Waals surface area contributed by atoms with E-state index in [2.05, 4.69) is 26.1 Å². The van der Waals surface area contributed by atoms with Crippen molar-refractivity contribution in [2.75, 3.05) is 22.8 Å². The van der Waals surface area contributed by atoms with Gasteiger partial charge in [0.2, 0.25) is 5.95 Å². The van der Waals surface area contributed by atoms with Crippen molar-refractivity contribution in [3.63, 3.8) is 0 Å². The third-order valence-corrected chi connectivity index (χ3v) is 5.41. The number of hydrogen-bond donors (Lipinski definition) is 5. The maximum absolute atomic E-state index is 11.1. The molecule has 5 N–H and O–H groups in total. The SMILES string of the molecule is CC(C)[C@@H](CO)Nc1nc(NNc2ccc(S(=O)(=O)O)cc2)cc(C2CC2)n1. The molecule has 0 bridgehead atoms. The fraction of sp³-hybridized carbons (Fsp3) is 0.444. The van der Waals surface area contributed by atoms with Crippen molar-refractivity contribution in [2.45, 2.75) is 43.5 Å². The molecule has 0 radical (unpaired) electrons. The Balaban J connectivity index is 1.73. The molecule has 1 aliphatic carbocycles. The number of anilines is 3. The summed E-state index contributed by atoms with van der Waals surface area (Å²) in [6.07, 6.45) is 2.18. The Bertz CT molecular complexity index is 914. The zero-order valence-corrected chi connectivity index (χ0v) is 16.6. The molecule has 2 aromatic rings. The zero-order valence-electron chi connectivity index (χ0n) is 15.8. The van der Waals surface area contributed by atoms with Crippen LogP contribution in [0.2, 0.25) is 0 Å². The molecule has 0 unspecified atom stereocenters.